The number of aliphatic carboxylic acids is 1. The number of halogens is 1. The molecule has 0 bridgehead atoms. The summed E-state index contributed by atoms with van der Waals surface area (Å²) >= 11 is 0. The van der Waals surface area contributed by atoms with Gasteiger partial charge in [-0.2, -0.15) is 0 Å². The number of pyridine rings is 1. The molecule has 1 saturated carbocycles. The minimum atomic E-state index is -0.963. The first-order valence-corrected chi connectivity index (χ1v) is 12.8. The van der Waals surface area contributed by atoms with Gasteiger partial charge in [-0.05, 0) is 56.5 Å². The Labute approximate surface area is 223 Å². The minimum absolute atomic E-state index is 0.114. The fraction of sp³-hybridized carbons (Fsp3) is 0.333. The van der Waals surface area contributed by atoms with Gasteiger partial charge in [0, 0.05) is 25.0 Å². The maximum absolute atomic E-state index is 15.4. The zero-order valence-electron chi connectivity index (χ0n) is 21.5. The Morgan fingerprint density at radius 1 is 1.18 bits per heavy atom. The average molecular weight is 531 g/mol. The highest BCUT2D eigenvalue weighted by atomic mass is 19.1. The fourth-order valence-corrected chi connectivity index (χ4v) is 5.01. The second-order valence-corrected chi connectivity index (χ2v) is 10.2. The number of fused-ring (bicyclic) bond motifs is 3. The van der Waals surface area contributed by atoms with Crippen molar-refractivity contribution in [2.24, 2.45) is 0 Å². The normalized spacial score (nSPS) is 15.1. The number of imidazole rings is 1. The number of carboxylic acid groups (broad SMARTS) is 1. The summed E-state index contributed by atoms with van der Waals surface area (Å²) in [5.41, 5.74) is 3.37. The number of nitrogens with zero attached hydrogens (tertiary/aromatic N) is 7. The predicted molar refractivity (Wildman–Crippen MR) is 139 cm³/mol. The quantitative estimate of drug-likeness (QED) is 0.369. The van der Waals surface area contributed by atoms with Crippen LogP contribution in [0.15, 0.2) is 43.0 Å². The zero-order chi connectivity index (χ0) is 27.3. The Balaban J connectivity index is 1.34. The number of hydrogen-bond acceptors (Lipinski definition) is 7. The van der Waals surface area contributed by atoms with Crippen LogP contribution in [-0.4, -0.2) is 57.7 Å². The van der Waals surface area contributed by atoms with Crippen LogP contribution in [0, 0.1) is 5.82 Å². The third-order valence-electron chi connectivity index (χ3n) is 7.01. The standard InChI is InChI=1S/C27H27FN8O3/c1-15(2)35-14-30-33-26(35)20-4-3-5-23(31-20)32-27(39)18-9-21-17(8-19(18)28)10-34(12-24(37)38)11-22-25(16-6-7-16)29-13-36(21)22/h3-5,8-9,13-16H,6-7,10-12H2,1-2H3,(H,37,38)(H,31,32,39). The number of nitrogens with one attached hydrogen (secondary N) is 1. The topological polar surface area (TPSA) is 131 Å². The van der Waals surface area contributed by atoms with Crippen molar-refractivity contribution in [2.45, 2.75) is 51.7 Å². The van der Waals surface area contributed by atoms with Crippen molar-refractivity contribution in [3.05, 3.63) is 71.3 Å². The number of carbonyl (C=O) groups is 2. The van der Waals surface area contributed by atoms with Crippen molar-refractivity contribution in [3.63, 3.8) is 0 Å². The first-order chi connectivity index (χ1) is 18.8. The van der Waals surface area contributed by atoms with E-state index >= 15 is 4.39 Å². The van der Waals surface area contributed by atoms with E-state index in [9.17, 15) is 14.7 Å². The summed E-state index contributed by atoms with van der Waals surface area (Å²) in [6.07, 6.45) is 5.37. The van der Waals surface area contributed by atoms with Gasteiger partial charge in [0.2, 0.25) is 0 Å². The lowest BCUT2D eigenvalue weighted by molar-refractivity contribution is -0.138. The molecule has 1 fully saturated rings. The molecule has 6 rings (SSSR count). The van der Waals surface area contributed by atoms with Gasteiger partial charge in [0.05, 0.1) is 35.5 Å². The van der Waals surface area contributed by atoms with Gasteiger partial charge >= 0.3 is 5.97 Å². The van der Waals surface area contributed by atoms with Gasteiger partial charge in [-0.15, -0.1) is 10.2 Å². The van der Waals surface area contributed by atoms with E-state index in [4.69, 9.17) is 0 Å². The molecule has 0 saturated heterocycles. The molecule has 1 aromatic carbocycles. The van der Waals surface area contributed by atoms with Crippen LogP contribution in [0.5, 0.6) is 0 Å². The Morgan fingerprint density at radius 3 is 2.74 bits per heavy atom. The van der Waals surface area contributed by atoms with Gasteiger partial charge in [-0.25, -0.2) is 14.4 Å². The third-order valence-corrected chi connectivity index (χ3v) is 7.01. The smallest absolute Gasteiger partial charge is 0.317 e. The first-order valence-electron chi connectivity index (χ1n) is 12.8. The molecule has 0 unspecified atom stereocenters. The van der Waals surface area contributed by atoms with Gasteiger partial charge in [0.15, 0.2) is 5.82 Å². The van der Waals surface area contributed by atoms with E-state index in [1.165, 1.54) is 12.1 Å². The van der Waals surface area contributed by atoms with Crippen LogP contribution >= 0.6 is 0 Å². The van der Waals surface area contributed by atoms with Crippen LogP contribution in [0.4, 0.5) is 10.2 Å². The molecule has 4 aromatic rings. The van der Waals surface area contributed by atoms with E-state index < -0.39 is 17.7 Å². The number of benzene rings is 1. The maximum Gasteiger partial charge on any atom is 0.317 e. The highest BCUT2D eigenvalue weighted by molar-refractivity contribution is 6.04. The number of aromatic nitrogens is 6. The fourth-order valence-electron chi connectivity index (χ4n) is 5.01. The summed E-state index contributed by atoms with van der Waals surface area (Å²) in [6, 6.07) is 8.05. The Kier molecular flexibility index (Phi) is 6.18. The molecule has 4 heterocycles. The van der Waals surface area contributed by atoms with E-state index in [-0.39, 0.29) is 30.5 Å². The highest BCUT2D eigenvalue weighted by Crippen LogP contribution is 2.42. The molecule has 200 valence electrons. The number of anilines is 1. The lowest BCUT2D eigenvalue weighted by Gasteiger charge is -2.18. The molecule has 1 aliphatic heterocycles. The first kappa shape index (κ1) is 24.9. The SMILES string of the molecule is CC(C)n1cnnc1-c1cccc(NC(=O)c2cc3c(cc2F)CN(CC(=O)O)Cc2c(C4CC4)ncn2-3)n1. The minimum Gasteiger partial charge on any atom is -0.480 e. The summed E-state index contributed by atoms with van der Waals surface area (Å²) in [5.74, 6) is -1.17. The molecule has 3 aromatic heterocycles. The average Bonchev–Trinajstić information content (AvgIpc) is 3.49. The Hall–Kier alpha value is -4.45. The lowest BCUT2D eigenvalue weighted by atomic mass is 10.1. The molecule has 2 N–H and O–H groups in total. The molecule has 0 atom stereocenters. The second-order valence-electron chi connectivity index (χ2n) is 10.2. The second kappa shape index (κ2) is 9.70. The summed E-state index contributed by atoms with van der Waals surface area (Å²) < 4.78 is 19.1. The van der Waals surface area contributed by atoms with E-state index in [0.29, 0.717) is 35.2 Å². The maximum atomic E-state index is 15.4. The highest BCUT2D eigenvalue weighted by Gasteiger charge is 2.33. The molecule has 1 aliphatic carbocycles. The third kappa shape index (κ3) is 4.78. The molecule has 39 heavy (non-hydrogen) atoms. The zero-order valence-corrected chi connectivity index (χ0v) is 21.5. The number of rotatable bonds is 7. The number of carbonyl (C=O) groups excluding carboxylic acids is 1. The van der Waals surface area contributed by atoms with Crippen molar-refractivity contribution >= 4 is 17.7 Å². The summed E-state index contributed by atoms with van der Waals surface area (Å²) in [5, 5.41) is 20.2. The van der Waals surface area contributed by atoms with Crippen LogP contribution < -0.4 is 5.32 Å². The van der Waals surface area contributed by atoms with Crippen molar-refractivity contribution in [2.75, 3.05) is 11.9 Å². The number of carboxylic acids is 1. The van der Waals surface area contributed by atoms with Crippen LogP contribution in [-0.2, 0) is 17.9 Å². The molecule has 12 heteroatoms. The van der Waals surface area contributed by atoms with Gasteiger partial charge in [0.1, 0.15) is 23.7 Å². The number of amides is 1. The molecule has 11 nitrogen and oxygen atoms in total. The van der Waals surface area contributed by atoms with E-state index in [2.05, 4.69) is 25.5 Å². The van der Waals surface area contributed by atoms with Crippen LogP contribution in [0.25, 0.3) is 17.2 Å². The van der Waals surface area contributed by atoms with Gasteiger partial charge in [-0.3, -0.25) is 14.5 Å². The lowest BCUT2D eigenvalue weighted by Crippen LogP contribution is -2.28. The molecule has 2 aliphatic rings. The molecular weight excluding hydrogens is 503 g/mol. The van der Waals surface area contributed by atoms with Crippen LogP contribution in [0.1, 0.15) is 66.0 Å². The predicted octanol–water partition coefficient (Wildman–Crippen LogP) is 3.78. The molecule has 0 radical (unpaired) electrons. The van der Waals surface area contributed by atoms with Crippen LogP contribution in [0.2, 0.25) is 0 Å². The Bertz CT molecular complexity index is 1590. The number of hydrogen-bond donors (Lipinski definition) is 2. The molecule has 1 amide bonds. The summed E-state index contributed by atoms with van der Waals surface area (Å²) in [4.78, 5) is 35.6. The summed E-state index contributed by atoms with van der Waals surface area (Å²) in [6.45, 7) is 4.41. The largest absolute Gasteiger partial charge is 0.480 e. The van der Waals surface area contributed by atoms with E-state index in [0.717, 1.165) is 24.2 Å². The van der Waals surface area contributed by atoms with E-state index in [1.807, 2.05) is 23.0 Å². The van der Waals surface area contributed by atoms with Gasteiger partial charge in [0.25, 0.3) is 5.91 Å². The van der Waals surface area contributed by atoms with Crippen molar-refractivity contribution < 1.29 is 19.1 Å². The van der Waals surface area contributed by atoms with Gasteiger partial charge < -0.3 is 19.6 Å². The van der Waals surface area contributed by atoms with Crippen LogP contribution in [0.3, 0.4) is 0 Å². The van der Waals surface area contributed by atoms with Crippen molar-refractivity contribution in [3.8, 4) is 17.2 Å². The van der Waals surface area contributed by atoms with Gasteiger partial charge in [-0.1, -0.05) is 6.07 Å². The monoisotopic (exact) mass is 530 g/mol. The Morgan fingerprint density at radius 2 is 2.00 bits per heavy atom. The molecule has 0 spiro atoms. The van der Waals surface area contributed by atoms with E-state index in [1.54, 1.807) is 35.8 Å². The molecular formula is C27H27FN8O3. The van der Waals surface area contributed by atoms with Crippen molar-refractivity contribution in [1.82, 2.24) is 34.2 Å². The summed E-state index contributed by atoms with van der Waals surface area (Å²) in [7, 11) is 0. The van der Waals surface area contributed by atoms with Crippen molar-refractivity contribution in [1.29, 1.82) is 0 Å².